The molecule has 5 nitrogen and oxygen atoms in total. The Morgan fingerprint density at radius 1 is 1.18 bits per heavy atom. The Kier molecular flexibility index (Phi) is 6.24. The quantitative estimate of drug-likeness (QED) is 0.824. The Hall–Kier alpha value is -2.05. The smallest absolute Gasteiger partial charge is 0.315 e. The maximum atomic E-state index is 11.8. The first-order valence-electron chi connectivity index (χ1n) is 6.94. The molecule has 0 bridgehead atoms. The van der Waals surface area contributed by atoms with Gasteiger partial charge in [0.1, 0.15) is 11.9 Å². The molecule has 2 N–H and O–H groups in total. The molecular formula is C16H20N2O3S. The average Bonchev–Trinajstić information content (AvgIpc) is 3.07. The number of para-hydroxylation sites is 1. The number of amides is 2. The van der Waals surface area contributed by atoms with Crippen molar-refractivity contribution < 1.29 is 14.3 Å². The molecular weight excluding hydrogens is 300 g/mol. The number of carbonyl (C=O) groups is 1. The molecule has 22 heavy (non-hydrogen) atoms. The summed E-state index contributed by atoms with van der Waals surface area (Å²) in [6.07, 6.45) is -0.261. The zero-order valence-corrected chi connectivity index (χ0v) is 13.5. The third-order valence-corrected chi connectivity index (χ3v) is 4.10. The number of carbonyl (C=O) groups excluding carboxylic acids is 1. The van der Waals surface area contributed by atoms with Crippen molar-refractivity contribution in [3.63, 3.8) is 0 Å². The molecule has 0 saturated heterocycles. The van der Waals surface area contributed by atoms with Crippen LogP contribution < -0.4 is 15.4 Å². The van der Waals surface area contributed by atoms with Crippen molar-refractivity contribution in [2.45, 2.75) is 12.6 Å². The molecule has 6 heteroatoms. The largest absolute Gasteiger partial charge is 0.496 e. The van der Waals surface area contributed by atoms with Gasteiger partial charge in [-0.1, -0.05) is 24.3 Å². The van der Waals surface area contributed by atoms with Crippen LogP contribution >= 0.6 is 11.3 Å². The van der Waals surface area contributed by atoms with Crippen LogP contribution in [0.25, 0.3) is 0 Å². The third-order valence-electron chi connectivity index (χ3n) is 3.22. The van der Waals surface area contributed by atoms with Crippen molar-refractivity contribution in [2.24, 2.45) is 0 Å². The lowest BCUT2D eigenvalue weighted by molar-refractivity contribution is 0.101. The highest BCUT2D eigenvalue weighted by Crippen LogP contribution is 2.26. The Morgan fingerprint density at radius 2 is 2.00 bits per heavy atom. The molecule has 2 rings (SSSR count). The van der Waals surface area contributed by atoms with E-state index in [0.717, 1.165) is 16.2 Å². The van der Waals surface area contributed by atoms with E-state index in [-0.39, 0.29) is 12.1 Å². The molecule has 0 unspecified atom stereocenters. The fourth-order valence-corrected chi connectivity index (χ4v) is 2.73. The predicted molar refractivity (Wildman–Crippen MR) is 87.3 cm³/mol. The van der Waals surface area contributed by atoms with Gasteiger partial charge >= 0.3 is 6.03 Å². The highest BCUT2D eigenvalue weighted by atomic mass is 32.1. The van der Waals surface area contributed by atoms with E-state index in [2.05, 4.69) is 10.6 Å². The molecule has 1 aromatic heterocycles. The lowest BCUT2D eigenvalue weighted by Gasteiger charge is -2.19. The van der Waals surface area contributed by atoms with Crippen molar-refractivity contribution in [3.8, 4) is 5.75 Å². The van der Waals surface area contributed by atoms with Crippen LogP contribution in [-0.2, 0) is 11.3 Å². The summed E-state index contributed by atoms with van der Waals surface area (Å²) < 4.78 is 10.8. The van der Waals surface area contributed by atoms with Crippen LogP contribution in [0.2, 0.25) is 0 Å². The Morgan fingerprint density at radius 3 is 2.68 bits per heavy atom. The minimum atomic E-state index is -0.261. The van der Waals surface area contributed by atoms with Gasteiger partial charge < -0.3 is 20.1 Å². The molecule has 118 valence electrons. The summed E-state index contributed by atoms with van der Waals surface area (Å²) in [4.78, 5) is 13.0. The van der Waals surface area contributed by atoms with E-state index >= 15 is 0 Å². The number of urea groups is 1. The Labute approximate surface area is 134 Å². The minimum absolute atomic E-state index is 0.217. The molecule has 1 atom stereocenters. The van der Waals surface area contributed by atoms with Gasteiger partial charge in [-0.3, -0.25) is 0 Å². The average molecular weight is 320 g/mol. The van der Waals surface area contributed by atoms with Gasteiger partial charge in [0.15, 0.2) is 0 Å². The highest BCUT2D eigenvalue weighted by molar-refractivity contribution is 7.09. The summed E-state index contributed by atoms with van der Waals surface area (Å²) in [7, 11) is 3.23. The summed E-state index contributed by atoms with van der Waals surface area (Å²) in [5.74, 6) is 0.746. The van der Waals surface area contributed by atoms with Crippen LogP contribution in [0.1, 0.15) is 16.5 Å². The van der Waals surface area contributed by atoms with Gasteiger partial charge in [-0.05, 0) is 17.5 Å². The van der Waals surface area contributed by atoms with Crippen LogP contribution in [-0.4, -0.2) is 26.8 Å². The first-order valence-corrected chi connectivity index (χ1v) is 7.82. The van der Waals surface area contributed by atoms with Crippen molar-refractivity contribution in [1.82, 2.24) is 10.6 Å². The van der Waals surface area contributed by atoms with Crippen LogP contribution in [0.3, 0.4) is 0 Å². The summed E-state index contributed by atoms with van der Waals surface area (Å²) in [5.41, 5.74) is 0.908. The van der Waals surface area contributed by atoms with E-state index in [1.165, 1.54) is 0 Å². The van der Waals surface area contributed by atoms with Gasteiger partial charge in [0.2, 0.25) is 0 Å². The minimum Gasteiger partial charge on any atom is -0.496 e. The standard InChI is InChI=1S/C16H20N2O3S/c1-20-14-8-4-3-7-13(14)15(21-2)11-18-16(19)17-10-12-6-5-9-22-12/h3-9,15H,10-11H2,1-2H3,(H2,17,18,19)/t15-/m1/s1. The van der Waals surface area contributed by atoms with E-state index in [0.29, 0.717) is 13.1 Å². The maximum absolute atomic E-state index is 11.8. The Bertz CT molecular complexity index is 587. The van der Waals surface area contributed by atoms with Crippen LogP contribution in [0.5, 0.6) is 5.75 Å². The molecule has 1 aromatic carbocycles. The molecule has 0 radical (unpaired) electrons. The molecule has 0 fully saturated rings. The monoisotopic (exact) mass is 320 g/mol. The molecule has 0 aliphatic heterocycles. The normalized spacial score (nSPS) is 11.7. The fraction of sp³-hybridized carbons (Fsp3) is 0.312. The van der Waals surface area contributed by atoms with Gasteiger partial charge in [-0.15, -0.1) is 11.3 Å². The number of hydrogen-bond acceptors (Lipinski definition) is 4. The first kappa shape index (κ1) is 16.3. The Balaban J connectivity index is 1.86. The van der Waals surface area contributed by atoms with Crippen LogP contribution in [0.4, 0.5) is 4.79 Å². The second-order valence-corrected chi connectivity index (χ2v) is 5.64. The highest BCUT2D eigenvalue weighted by Gasteiger charge is 2.16. The van der Waals surface area contributed by atoms with E-state index in [4.69, 9.17) is 9.47 Å². The molecule has 2 aromatic rings. The molecule has 0 aliphatic carbocycles. The van der Waals surface area contributed by atoms with Crippen molar-refractivity contribution in [1.29, 1.82) is 0 Å². The van der Waals surface area contributed by atoms with Gasteiger partial charge in [0.05, 0.1) is 13.7 Å². The molecule has 1 heterocycles. The molecule has 2 amide bonds. The lowest BCUT2D eigenvalue weighted by Crippen LogP contribution is -2.37. The number of methoxy groups -OCH3 is 2. The number of benzene rings is 1. The van der Waals surface area contributed by atoms with Crippen LogP contribution in [0.15, 0.2) is 41.8 Å². The summed E-state index contributed by atoms with van der Waals surface area (Å²) in [5, 5.41) is 7.62. The number of rotatable bonds is 7. The fourth-order valence-electron chi connectivity index (χ4n) is 2.08. The zero-order valence-electron chi connectivity index (χ0n) is 12.7. The van der Waals surface area contributed by atoms with E-state index < -0.39 is 0 Å². The predicted octanol–water partition coefficient (Wildman–Crippen LogP) is 2.94. The number of ether oxygens (including phenoxy) is 2. The molecule has 0 aliphatic rings. The second-order valence-electron chi connectivity index (χ2n) is 4.61. The first-order chi connectivity index (χ1) is 10.7. The van der Waals surface area contributed by atoms with Crippen molar-refractivity contribution >= 4 is 17.4 Å². The summed E-state index contributed by atoms with van der Waals surface area (Å²) >= 11 is 1.61. The summed E-state index contributed by atoms with van der Waals surface area (Å²) in [6.45, 7) is 0.892. The van der Waals surface area contributed by atoms with Crippen molar-refractivity contribution in [2.75, 3.05) is 20.8 Å². The van der Waals surface area contributed by atoms with Gasteiger partial charge in [-0.25, -0.2) is 4.79 Å². The van der Waals surface area contributed by atoms with Gasteiger partial charge in [-0.2, -0.15) is 0 Å². The number of thiophene rings is 1. The van der Waals surface area contributed by atoms with Crippen LogP contribution in [0, 0.1) is 0 Å². The maximum Gasteiger partial charge on any atom is 0.315 e. The van der Waals surface area contributed by atoms with E-state index in [9.17, 15) is 4.79 Å². The zero-order chi connectivity index (χ0) is 15.8. The molecule has 0 spiro atoms. The van der Waals surface area contributed by atoms with Crippen molar-refractivity contribution in [3.05, 3.63) is 52.2 Å². The SMILES string of the molecule is COc1ccccc1[C@@H](CNC(=O)NCc1cccs1)OC. The lowest BCUT2D eigenvalue weighted by atomic mass is 10.1. The third kappa shape index (κ3) is 4.47. The topological polar surface area (TPSA) is 59.6 Å². The number of hydrogen-bond donors (Lipinski definition) is 2. The van der Waals surface area contributed by atoms with E-state index in [1.807, 2.05) is 41.8 Å². The van der Waals surface area contributed by atoms with Gasteiger partial charge in [0, 0.05) is 24.1 Å². The second kappa shape index (κ2) is 8.41. The van der Waals surface area contributed by atoms with Gasteiger partial charge in [0.25, 0.3) is 0 Å². The molecule has 0 saturated carbocycles. The van der Waals surface area contributed by atoms with E-state index in [1.54, 1.807) is 25.6 Å². The summed E-state index contributed by atoms with van der Waals surface area (Å²) in [6, 6.07) is 11.3. The number of nitrogens with one attached hydrogen (secondary N) is 2.